The Hall–Kier alpha value is -1.97. The van der Waals surface area contributed by atoms with Gasteiger partial charge in [0.1, 0.15) is 5.01 Å². The van der Waals surface area contributed by atoms with E-state index in [-0.39, 0.29) is 0 Å². The van der Waals surface area contributed by atoms with Crippen LogP contribution in [-0.2, 0) is 5.33 Å². The molecule has 1 nitrogen and oxygen atoms in total. The molecule has 0 saturated heterocycles. The first-order valence-corrected chi connectivity index (χ1v) is 9.39. The molecule has 0 atom stereocenters. The van der Waals surface area contributed by atoms with Gasteiger partial charge in [0, 0.05) is 10.9 Å². The van der Waals surface area contributed by atoms with E-state index in [1.807, 2.05) is 6.07 Å². The van der Waals surface area contributed by atoms with Crippen LogP contribution >= 0.6 is 27.3 Å². The van der Waals surface area contributed by atoms with Gasteiger partial charge in [-0.25, -0.2) is 4.98 Å². The summed E-state index contributed by atoms with van der Waals surface area (Å²) in [6.45, 7) is 0. The Morgan fingerprint density at radius 1 is 0.783 bits per heavy atom. The fraction of sp³-hybridized carbons (Fsp3) is 0.0500. The van der Waals surface area contributed by atoms with E-state index in [4.69, 9.17) is 4.98 Å². The van der Waals surface area contributed by atoms with Crippen molar-refractivity contribution in [2.75, 3.05) is 0 Å². The summed E-state index contributed by atoms with van der Waals surface area (Å²) >= 11 is 5.31. The maximum atomic E-state index is 4.73. The van der Waals surface area contributed by atoms with Crippen LogP contribution in [-0.4, -0.2) is 4.98 Å². The molecule has 0 N–H and O–H groups in total. The Bertz CT molecular complexity index is 924. The minimum atomic E-state index is 0.864. The number of fused-ring (bicyclic) bond motifs is 1. The van der Waals surface area contributed by atoms with Gasteiger partial charge < -0.3 is 0 Å². The third-order valence-electron chi connectivity index (χ3n) is 3.90. The SMILES string of the molecule is BrCc1ccccc1-c1ccc(-c2nc3ccccc3s2)cc1. The summed E-state index contributed by atoms with van der Waals surface area (Å²) in [5, 5.41) is 1.94. The molecule has 0 saturated carbocycles. The molecule has 0 spiro atoms. The van der Waals surface area contributed by atoms with Gasteiger partial charge in [0.15, 0.2) is 0 Å². The summed E-state index contributed by atoms with van der Waals surface area (Å²) in [5.41, 5.74) is 6.07. The monoisotopic (exact) mass is 379 g/mol. The molecule has 1 aromatic heterocycles. The van der Waals surface area contributed by atoms with Gasteiger partial charge in [0.05, 0.1) is 10.2 Å². The first-order valence-electron chi connectivity index (χ1n) is 7.45. The van der Waals surface area contributed by atoms with Crippen LogP contribution in [0.3, 0.4) is 0 Å². The molecule has 0 aliphatic carbocycles. The largest absolute Gasteiger partial charge is 0.236 e. The Morgan fingerprint density at radius 2 is 1.48 bits per heavy atom. The summed E-state index contributed by atoms with van der Waals surface area (Å²) in [6.07, 6.45) is 0. The average Bonchev–Trinajstić information content (AvgIpc) is 3.06. The maximum Gasteiger partial charge on any atom is 0.124 e. The lowest BCUT2D eigenvalue weighted by Crippen LogP contribution is -1.85. The van der Waals surface area contributed by atoms with Crippen molar-refractivity contribution in [2.45, 2.75) is 5.33 Å². The zero-order valence-corrected chi connectivity index (χ0v) is 14.8. The summed E-state index contributed by atoms with van der Waals surface area (Å²) < 4.78 is 1.23. The van der Waals surface area contributed by atoms with Crippen LogP contribution in [0.25, 0.3) is 31.9 Å². The summed E-state index contributed by atoms with van der Waals surface area (Å²) in [5.74, 6) is 0. The molecule has 3 aromatic carbocycles. The van der Waals surface area contributed by atoms with Gasteiger partial charge in [-0.2, -0.15) is 0 Å². The molecule has 4 aromatic rings. The second kappa shape index (κ2) is 6.26. The maximum absolute atomic E-state index is 4.73. The van der Waals surface area contributed by atoms with Crippen molar-refractivity contribution in [1.29, 1.82) is 0 Å². The minimum Gasteiger partial charge on any atom is -0.236 e. The Balaban J connectivity index is 1.73. The van der Waals surface area contributed by atoms with Crippen molar-refractivity contribution >= 4 is 37.5 Å². The van der Waals surface area contributed by atoms with Crippen molar-refractivity contribution in [3.63, 3.8) is 0 Å². The van der Waals surface area contributed by atoms with Gasteiger partial charge in [-0.05, 0) is 28.8 Å². The number of benzene rings is 3. The van der Waals surface area contributed by atoms with Crippen LogP contribution < -0.4 is 0 Å². The van der Waals surface area contributed by atoms with Crippen molar-refractivity contribution in [3.8, 4) is 21.7 Å². The van der Waals surface area contributed by atoms with E-state index in [0.29, 0.717) is 0 Å². The number of nitrogens with zero attached hydrogens (tertiary/aromatic N) is 1. The number of alkyl halides is 1. The fourth-order valence-corrected chi connectivity index (χ4v) is 4.17. The van der Waals surface area contributed by atoms with E-state index in [9.17, 15) is 0 Å². The summed E-state index contributed by atoms with van der Waals surface area (Å²) in [4.78, 5) is 4.73. The van der Waals surface area contributed by atoms with Crippen LogP contribution in [0.5, 0.6) is 0 Å². The van der Waals surface area contributed by atoms with Crippen LogP contribution in [0, 0.1) is 0 Å². The molecule has 0 amide bonds. The quantitative estimate of drug-likeness (QED) is 0.369. The second-order valence-electron chi connectivity index (χ2n) is 5.35. The van der Waals surface area contributed by atoms with Gasteiger partial charge in [0.25, 0.3) is 0 Å². The Kier molecular flexibility index (Phi) is 3.98. The summed E-state index contributed by atoms with van der Waals surface area (Å²) in [6, 6.07) is 25.5. The zero-order chi connectivity index (χ0) is 15.6. The molecular formula is C20H14BrNS. The molecule has 0 radical (unpaired) electrons. The fourth-order valence-electron chi connectivity index (χ4n) is 2.71. The van der Waals surface area contributed by atoms with Crippen molar-refractivity contribution < 1.29 is 0 Å². The first-order chi connectivity index (χ1) is 11.3. The van der Waals surface area contributed by atoms with E-state index in [0.717, 1.165) is 15.9 Å². The third-order valence-corrected chi connectivity index (χ3v) is 5.59. The minimum absolute atomic E-state index is 0.864. The lowest BCUT2D eigenvalue weighted by atomic mass is 10.00. The highest BCUT2D eigenvalue weighted by Crippen LogP contribution is 2.32. The number of thiazole rings is 1. The molecule has 3 heteroatoms. The van der Waals surface area contributed by atoms with Crippen molar-refractivity contribution in [2.24, 2.45) is 0 Å². The Morgan fingerprint density at radius 3 is 2.26 bits per heavy atom. The third kappa shape index (κ3) is 2.82. The molecule has 0 bridgehead atoms. The predicted octanol–water partition coefficient (Wildman–Crippen LogP) is 6.53. The van der Waals surface area contributed by atoms with Gasteiger partial charge in [0.2, 0.25) is 0 Å². The molecule has 0 aliphatic rings. The van der Waals surface area contributed by atoms with E-state index in [2.05, 4.69) is 82.7 Å². The Labute approximate surface area is 147 Å². The second-order valence-corrected chi connectivity index (χ2v) is 6.95. The predicted molar refractivity (Wildman–Crippen MR) is 103 cm³/mol. The standard InChI is InChI=1S/C20H14BrNS/c21-13-16-5-1-2-6-17(16)14-9-11-15(12-10-14)20-22-18-7-3-4-8-19(18)23-20/h1-12H,13H2. The lowest BCUT2D eigenvalue weighted by molar-refractivity contribution is 1.42. The van der Waals surface area contributed by atoms with Crippen LogP contribution in [0.1, 0.15) is 5.56 Å². The lowest BCUT2D eigenvalue weighted by Gasteiger charge is -2.07. The number of aromatic nitrogens is 1. The average molecular weight is 380 g/mol. The number of para-hydroxylation sites is 1. The molecule has 0 unspecified atom stereocenters. The molecular weight excluding hydrogens is 366 g/mol. The smallest absolute Gasteiger partial charge is 0.124 e. The normalized spacial score (nSPS) is 11.0. The summed E-state index contributed by atoms with van der Waals surface area (Å²) in [7, 11) is 0. The van der Waals surface area contributed by atoms with E-state index in [1.54, 1.807) is 11.3 Å². The highest BCUT2D eigenvalue weighted by molar-refractivity contribution is 9.08. The van der Waals surface area contributed by atoms with Crippen LogP contribution in [0.4, 0.5) is 0 Å². The highest BCUT2D eigenvalue weighted by atomic mass is 79.9. The van der Waals surface area contributed by atoms with Gasteiger partial charge in [-0.15, -0.1) is 11.3 Å². The topological polar surface area (TPSA) is 12.9 Å². The van der Waals surface area contributed by atoms with Gasteiger partial charge in [-0.3, -0.25) is 0 Å². The van der Waals surface area contributed by atoms with E-state index >= 15 is 0 Å². The van der Waals surface area contributed by atoms with E-state index in [1.165, 1.54) is 27.0 Å². The molecule has 4 rings (SSSR count). The number of rotatable bonds is 3. The molecule has 112 valence electrons. The molecule has 0 fully saturated rings. The number of hydrogen-bond acceptors (Lipinski definition) is 2. The zero-order valence-electron chi connectivity index (χ0n) is 12.4. The van der Waals surface area contributed by atoms with Gasteiger partial charge in [-0.1, -0.05) is 76.6 Å². The van der Waals surface area contributed by atoms with Crippen LogP contribution in [0.15, 0.2) is 72.8 Å². The van der Waals surface area contributed by atoms with Crippen molar-refractivity contribution in [3.05, 3.63) is 78.4 Å². The molecule has 0 aliphatic heterocycles. The molecule has 23 heavy (non-hydrogen) atoms. The number of hydrogen-bond donors (Lipinski definition) is 0. The molecule has 1 heterocycles. The number of halogens is 1. The van der Waals surface area contributed by atoms with Crippen molar-refractivity contribution in [1.82, 2.24) is 4.98 Å². The van der Waals surface area contributed by atoms with Gasteiger partial charge >= 0.3 is 0 Å². The highest BCUT2D eigenvalue weighted by Gasteiger charge is 2.07. The first kappa shape index (κ1) is 14.6. The van der Waals surface area contributed by atoms with E-state index < -0.39 is 0 Å². The van der Waals surface area contributed by atoms with Crippen LogP contribution in [0.2, 0.25) is 0 Å².